The van der Waals surface area contributed by atoms with Gasteiger partial charge in [-0.05, 0) is 18.6 Å². The summed E-state index contributed by atoms with van der Waals surface area (Å²) in [5, 5.41) is 0.989. The van der Waals surface area contributed by atoms with Crippen molar-refractivity contribution in [2.45, 2.75) is 13.5 Å². The van der Waals surface area contributed by atoms with Crippen LogP contribution in [0, 0.1) is 0 Å². The second-order valence-electron chi connectivity index (χ2n) is 3.32. The SMILES string of the molecule is CCN(Cc1cccc(Cl)c1Cl)C(=O)CN. The molecule has 0 atom stereocenters. The Hall–Kier alpha value is -0.770. The molecule has 1 amide bonds. The number of likely N-dealkylation sites (N-methyl/N-ethyl adjacent to an activating group) is 1. The van der Waals surface area contributed by atoms with Crippen LogP contribution < -0.4 is 5.73 Å². The highest BCUT2D eigenvalue weighted by Gasteiger charge is 2.12. The van der Waals surface area contributed by atoms with Gasteiger partial charge in [0.1, 0.15) is 0 Å². The van der Waals surface area contributed by atoms with E-state index in [4.69, 9.17) is 28.9 Å². The van der Waals surface area contributed by atoms with E-state index in [1.165, 1.54) is 0 Å². The number of benzene rings is 1. The summed E-state index contributed by atoms with van der Waals surface area (Å²) < 4.78 is 0. The number of hydrogen-bond donors (Lipinski definition) is 1. The quantitative estimate of drug-likeness (QED) is 0.903. The Labute approximate surface area is 105 Å². The van der Waals surface area contributed by atoms with Crippen LogP contribution in [0.1, 0.15) is 12.5 Å². The lowest BCUT2D eigenvalue weighted by atomic mass is 10.2. The van der Waals surface area contributed by atoms with Crippen molar-refractivity contribution < 1.29 is 4.79 Å². The van der Waals surface area contributed by atoms with Crippen LogP contribution in [0.3, 0.4) is 0 Å². The number of nitrogens with two attached hydrogens (primary N) is 1. The maximum Gasteiger partial charge on any atom is 0.236 e. The smallest absolute Gasteiger partial charge is 0.236 e. The molecule has 16 heavy (non-hydrogen) atoms. The zero-order valence-corrected chi connectivity index (χ0v) is 10.6. The van der Waals surface area contributed by atoms with Crippen molar-refractivity contribution in [1.29, 1.82) is 0 Å². The van der Waals surface area contributed by atoms with Gasteiger partial charge in [0.2, 0.25) is 5.91 Å². The second-order valence-corrected chi connectivity index (χ2v) is 4.11. The minimum absolute atomic E-state index is 0.00598. The van der Waals surface area contributed by atoms with E-state index in [0.29, 0.717) is 23.1 Å². The summed E-state index contributed by atoms with van der Waals surface area (Å²) in [6.07, 6.45) is 0. The predicted molar refractivity (Wildman–Crippen MR) is 66.6 cm³/mol. The number of amides is 1. The summed E-state index contributed by atoms with van der Waals surface area (Å²) >= 11 is 11.9. The first-order valence-corrected chi connectivity index (χ1v) is 5.76. The summed E-state index contributed by atoms with van der Waals surface area (Å²) in [5.41, 5.74) is 6.15. The first-order valence-electron chi connectivity index (χ1n) is 5.00. The van der Waals surface area contributed by atoms with E-state index in [1.807, 2.05) is 19.1 Å². The molecule has 0 saturated heterocycles. The molecule has 2 N–H and O–H groups in total. The van der Waals surface area contributed by atoms with E-state index in [9.17, 15) is 4.79 Å². The molecule has 0 saturated carbocycles. The van der Waals surface area contributed by atoms with Gasteiger partial charge in [-0.2, -0.15) is 0 Å². The monoisotopic (exact) mass is 260 g/mol. The predicted octanol–water partition coefficient (Wildman–Crippen LogP) is 2.30. The molecule has 5 heteroatoms. The molecule has 0 unspecified atom stereocenters. The molecule has 0 heterocycles. The van der Waals surface area contributed by atoms with Gasteiger partial charge in [0, 0.05) is 13.1 Å². The lowest BCUT2D eigenvalue weighted by Crippen LogP contribution is -2.35. The Kier molecular flexibility index (Phi) is 5.06. The van der Waals surface area contributed by atoms with E-state index in [-0.39, 0.29) is 12.5 Å². The highest BCUT2D eigenvalue weighted by Crippen LogP contribution is 2.26. The van der Waals surface area contributed by atoms with Crippen LogP contribution >= 0.6 is 23.2 Å². The number of carbonyl (C=O) groups is 1. The molecule has 0 aromatic heterocycles. The van der Waals surface area contributed by atoms with Crippen LogP contribution in [0.5, 0.6) is 0 Å². The summed E-state index contributed by atoms with van der Waals surface area (Å²) in [4.78, 5) is 13.1. The Morgan fingerprint density at radius 3 is 2.69 bits per heavy atom. The largest absolute Gasteiger partial charge is 0.337 e. The Morgan fingerprint density at radius 2 is 2.12 bits per heavy atom. The Morgan fingerprint density at radius 1 is 1.44 bits per heavy atom. The van der Waals surface area contributed by atoms with E-state index >= 15 is 0 Å². The third kappa shape index (κ3) is 3.11. The topological polar surface area (TPSA) is 46.3 Å². The van der Waals surface area contributed by atoms with Gasteiger partial charge in [-0.3, -0.25) is 4.79 Å². The molecule has 88 valence electrons. The fourth-order valence-electron chi connectivity index (χ4n) is 1.38. The van der Waals surface area contributed by atoms with E-state index in [2.05, 4.69) is 0 Å². The molecule has 1 aromatic carbocycles. The van der Waals surface area contributed by atoms with Gasteiger partial charge in [-0.25, -0.2) is 0 Å². The molecular formula is C11H14Cl2N2O. The number of hydrogen-bond acceptors (Lipinski definition) is 2. The van der Waals surface area contributed by atoms with Crippen molar-refractivity contribution in [2.75, 3.05) is 13.1 Å². The van der Waals surface area contributed by atoms with Gasteiger partial charge in [0.05, 0.1) is 16.6 Å². The molecule has 0 bridgehead atoms. The lowest BCUT2D eigenvalue weighted by Gasteiger charge is -2.20. The van der Waals surface area contributed by atoms with Crippen LogP contribution in [0.4, 0.5) is 0 Å². The third-order valence-electron chi connectivity index (χ3n) is 2.30. The zero-order chi connectivity index (χ0) is 12.1. The van der Waals surface area contributed by atoms with Crippen molar-refractivity contribution >= 4 is 29.1 Å². The zero-order valence-electron chi connectivity index (χ0n) is 9.04. The minimum Gasteiger partial charge on any atom is -0.337 e. The van der Waals surface area contributed by atoms with Crippen molar-refractivity contribution in [3.05, 3.63) is 33.8 Å². The van der Waals surface area contributed by atoms with Crippen LogP contribution in [0.15, 0.2) is 18.2 Å². The number of rotatable bonds is 4. The highest BCUT2D eigenvalue weighted by molar-refractivity contribution is 6.42. The average Bonchev–Trinajstić information content (AvgIpc) is 2.30. The van der Waals surface area contributed by atoms with Gasteiger partial charge < -0.3 is 10.6 Å². The van der Waals surface area contributed by atoms with Gasteiger partial charge in [0.25, 0.3) is 0 Å². The molecule has 0 spiro atoms. The molecule has 1 aromatic rings. The maximum absolute atomic E-state index is 11.5. The van der Waals surface area contributed by atoms with Gasteiger partial charge >= 0.3 is 0 Å². The highest BCUT2D eigenvalue weighted by atomic mass is 35.5. The van der Waals surface area contributed by atoms with E-state index in [1.54, 1.807) is 11.0 Å². The molecule has 1 rings (SSSR count). The van der Waals surface area contributed by atoms with Crippen molar-refractivity contribution in [1.82, 2.24) is 4.90 Å². The summed E-state index contributed by atoms with van der Waals surface area (Å²) in [6, 6.07) is 5.37. The van der Waals surface area contributed by atoms with E-state index in [0.717, 1.165) is 5.56 Å². The summed E-state index contributed by atoms with van der Waals surface area (Å²) in [7, 11) is 0. The van der Waals surface area contributed by atoms with Gasteiger partial charge in [0.15, 0.2) is 0 Å². The summed E-state index contributed by atoms with van der Waals surface area (Å²) in [5.74, 6) is -0.0986. The minimum atomic E-state index is -0.0986. The van der Waals surface area contributed by atoms with Crippen molar-refractivity contribution in [3.63, 3.8) is 0 Å². The van der Waals surface area contributed by atoms with Crippen molar-refractivity contribution in [2.24, 2.45) is 5.73 Å². The average molecular weight is 261 g/mol. The molecule has 0 radical (unpaired) electrons. The third-order valence-corrected chi connectivity index (χ3v) is 3.16. The van der Waals surface area contributed by atoms with Gasteiger partial charge in [-0.1, -0.05) is 35.3 Å². The molecule has 3 nitrogen and oxygen atoms in total. The first-order chi connectivity index (χ1) is 7.60. The Bertz CT molecular complexity index is 382. The fraction of sp³-hybridized carbons (Fsp3) is 0.364. The molecule has 0 fully saturated rings. The van der Waals surface area contributed by atoms with Crippen LogP contribution in [0.2, 0.25) is 10.0 Å². The lowest BCUT2D eigenvalue weighted by molar-refractivity contribution is -0.130. The molecular weight excluding hydrogens is 247 g/mol. The number of carbonyl (C=O) groups excluding carboxylic acids is 1. The normalized spacial score (nSPS) is 10.2. The van der Waals surface area contributed by atoms with Crippen LogP contribution in [-0.4, -0.2) is 23.9 Å². The molecule has 0 aliphatic heterocycles. The number of nitrogens with zero attached hydrogens (tertiary/aromatic N) is 1. The first kappa shape index (κ1) is 13.3. The standard InChI is InChI=1S/C11H14Cl2N2O/c1-2-15(10(16)6-14)7-8-4-3-5-9(12)11(8)13/h3-5H,2,6-7,14H2,1H3. The van der Waals surface area contributed by atoms with Crippen LogP contribution in [0.25, 0.3) is 0 Å². The fourth-order valence-corrected chi connectivity index (χ4v) is 1.76. The molecule has 0 aliphatic carbocycles. The van der Waals surface area contributed by atoms with E-state index < -0.39 is 0 Å². The van der Waals surface area contributed by atoms with Gasteiger partial charge in [-0.15, -0.1) is 0 Å². The summed E-state index contributed by atoms with van der Waals surface area (Å²) in [6.45, 7) is 2.93. The molecule has 0 aliphatic rings. The number of halogens is 2. The van der Waals surface area contributed by atoms with Crippen molar-refractivity contribution in [3.8, 4) is 0 Å². The van der Waals surface area contributed by atoms with Crippen LogP contribution in [-0.2, 0) is 11.3 Å². The Balaban J connectivity index is 2.86. The second kappa shape index (κ2) is 6.09. The maximum atomic E-state index is 11.5.